The standard InChI is InChI=1S/C15H20F3NO2/c1-4-21-14(20)13(19-10(2)3)9-11-5-7-12(8-6-11)15(16,17)18/h5-8,10,13,19H,4,9H2,1-3H3. The molecule has 0 amide bonds. The average Bonchev–Trinajstić information content (AvgIpc) is 2.37. The first-order valence-corrected chi connectivity index (χ1v) is 6.82. The summed E-state index contributed by atoms with van der Waals surface area (Å²) < 4.78 is 42.5. The van der Waals surface area contributed by atoms with E-state index in [1.54, 1.807) is 6.92 Å². The molecule has 0 saturated carbocycles. The zero-order chi connectivity index (χ0) is 16.0. The van der Waals surface area contributed by atoms with Crippen molar-refractivity contribution < 1.29 is 22.7 Å². The molecule has 0 heterocycles. The number of carbonyl (C=O) groups excluding carboxylic acids is 1. The van der Waals surface area contributed by atoms with Gasteiger partial charge >= 0.3 is 12.1 Å². The van der Waals surface area contributed by atoms with Gasteiger partial charge in [0, 0.05) is 6.04 Å². The Labute approximate surface area is 122 Å². The van der Waals surface area contributed by atoms with Gasteiger partial charge in [-0.15, -0.1) is 0 Å². The van der Waals surface area contributed by atoms with Gasteiger partial charge in [0.15, 0.2) is 0 Å². The van der Waals surface area contributed by atoms with Crippen molar-refractivity contribution in [1.82, 2.24) is 5.32 Å². The molecule has 1 unspecified atom stereocenters. The van der Waals surface area contributed by atoms with Crippen molar-refractivity contribution in [3.05, 3.63) is 35.4 Å². The van der Waals surface area contributed by atoms with Gasteiger partial charge in [0.05, 0.1) is 12.2 Å². The summed E-state index contributed by atoms with van der Waals surface area (Å²) in [4.78, 5) is 11.8. The fraction of sp³-hybridized carbons (Fsp3) is 0.533. The highest BCUT2D eigenvalue weighted by Crippen LogP contribution is 2.29. The zero-order valence-electron chi connectivity index (χ0n) is 12.3. The maximum atomic E-state index is 12.5. The van der Waals surface area contributed by atoms with Crippen molar-refractivity contribution in [2.24, 2.45) is 0 Å². The minimum Gasteiger partial charge on any atom is -0.465 e. The lowest BCUT2D eigenvalue weighted by Crippen LogP contribution is -2.43. The number of carbonyl (C=O) groups is 1. The Morgan fingerprint density at radius 1 is 1.24 bits per heavy atom. The van der Waals surface area contributed by atoms with Gasteiger partial charge in [-0.25, -0.2) is 0 Å². The molecule has 0 saturated heterocycles. The number of hydrogen-bond acceptors (Lipinski definition) is 3. The average molecular weight is 303 g/mol. The fourth-order valence-electron chi connectivity index (χ4n) is 1.92. The van der Waals surface area contributed by atoms with E-state index in [2.05, 4.69) is 5.32 Å². The van der Waals surface area contributed by atoms with Crippen LogP contribution >= 0.6 is 0 Å². The Bertz CT molecular complexity index is 455. The zero-order valence-corrected chi connectivity index (χ0v) is 12.3. The Morgan fingerprint density at radius 2 is 1.81 bits per heavy atom. The van der Waals surface area contributed by atoms with Crippen LogP contribution in [-0.2, 0) is 22.1 Å². The number of benzene rings is 1. The summed E-state index contributed by atoms with van der Waals surface area (Å²) in [5.74, 6) is -0.397. The summed E-state index contributed by atoms with van der Waals surface area (Å²) >= 11 is 0. The van der Waals surface area contributed by atoms with Gasteiger partial charge in [-0.05, 0) is 31.0 Å². The molecule has 1 N–H and O–H groups in total. The van der Waals surface area contributed by atoms with E-state index in [0.29, 0.717) is 5.56 Å². The predicted molar refractivity (Wildman–Crippen MR) is 73.8 cm³/mol. The molecule has 0 spiro atoms. The molecule has 21 heavy (non-hydrogen) atoms. The third kappa shape index (κ3) is 5.75. The number of rotatable bonds is 6. The number of hydrogen-bond donors (Lipinski definition) is 1. The molecule has 0 fully saturated rings. The molecule has 1 aromatic carbocycles. The smallest absolute Gasteiger partial charge is 0.416 e. The van der Waals surface area contributed by atoms with Crippen LogP contribution in [0.4, 0.5) is 13.2 Å². The first kappa shape index (κ1) is 17.5. The highest BCUT2D eigenvalue weighted by atomic mass is 19.4. The lowest BCUT2D eigenvalue weighted by Gasteiger charge is -2.20. The van der Waals surface area contributed by atoms with Crippen molar-refractivity contribution in [2.75, 3.05) is 6.61 Å². The molecule has 1 rings (SSSR count). The van der Waals surface area contributed by atoms with Crippen LogP contribution in [0.15, 0.2) is 24.3 Å². The van der Waals surface area contributed by atoms with Crippen molar-refractivity contribution in [1.29, 1.82) is 0 Å². The van der Waals surface area contributed by atoms with E-state index < -0.39 is 23.8 Å². The molecule has 0 aliphatic rings. The molecule has 0 aliphatic heterocycles. The first-order chi connectivity index (χ1) is 9.74. The lowest BCUT2D eigenvalue weighted by atomic mass is 10.0. The first-order valence-electron chi connectivity index (χ1n) is 6.82. The lowest BCUT2D eigenvalue weighted by molar-refractivity contribution is -0.145. The van der Waals surface area contributed by atoms with Crippen LogP contribution in [0.25, 0.3) is 0 Å². The van der Waals surface area contributed by atoms with Gasteiger partial charge in [-0.1, -0.05) is 26.0 Å². The number of esters is 1. The topological polar surface area (TPSA) is 38.3 Å². The van der Waals surface area contributed by atoms with Gasteiger partial charge < -0.3 is 10.1 Å². The minimum atomic E-state index is -4.35. The van der Waals surface area contributed by atoms with Gasteiger partial charge in [0.25, 0.3) is 0 Å². The Morgan fingerprint density at radius 3 is 2.24 bits per heavy atom. The van der Waals surface area contributed by atoms with Crippen LogP contribution in [0.2, 0.25) is 0 Å². The van der Waals surface area contributed by atoms with E-state index in [1.165, 1.54) is 12.1 Å². The van der Waals surface area contributed by atoms with Gasteiger partial charge in [-0.2, -0.15) is 13.2 Å². The monoisotopic (exact) mass is 303 g/mol. The second kappa shape index (κ2) is 7.45. The predicted octanol–water partition coefficient (Wildman–Crippen LogP) is 3.18. The molecule has 0 aromatic heterocycles. The molecule has 3 nitrogen and oxygen atoms in total. The van der Waals surface area contributed by atoms with Crippen molar-refractivity contribution in [2.45, 2.75) is 45.5 Å². The molecule has 1 aromatic rings. The van der Waals surface area contributed by atoms with E-state index in [9.17, 15) is 18.0 Å². The molecule has 0 radical (unpaired) electrons. The third-order valence-corrected chi connectivity index (χ3v) is 2.83. The maximum absolute atomic E-state index is 12.5. The van der Waals surface area contributed by atoms with Crippen LogP contribution in [0.3, 0.4) is 0 Å². The largest absolute Gasteiger partial charge is 0.465 e. The summed E-state index contributed by atoms with van der Waals surface area (Å²) in [6.45, 7) is 5.75. The van der Waals surface area contributed by atoms with Crippen LogP contribution in [-0.4, -0.2) is 24.7 Å². The number of alkyl halides is 3. The Balaban J connectivity index is 2.81. The number of halogens is 3. The summed E-state index contributed by atoms with van der Waals surface area (Å²) in [6, 6.07) is 4.31. The summed E-state index contributed by atoms with van der Waals surface area (Å²) in [5, 5.41) is 3.06. The molecule has 0 bridgehead atoms. The molecule has 1 atom stereocenters. The van der Waals surface area contributed by atoms with Crippen LogP contribution < -0.4 is 5.32 Å². The van der Waals surface area contributed by atoms with Crippen LogP contribution in [0, 0.1) is 0 Å². The fourth-order valence-corrected chi connectivity index (χ4v) is 1.92. The minimum absolute atomic E-state index is 0.0638. The van der Waals surface area contributed by atoms with E-state index in [1.807, 2.05) is 13.8 Å². The van der Waals surface area contributed by atoms with Gasteiger partial charge in [-0.3, -0.25) is 4.79 Å². The highest BCUT2D eigenvalue weighted by molar-refractivity contribution is 5.76. The molecule has 118 valence electrons. The Kier molecular flexibility index (Phi) is 6.20. The van der Waals surface area contributed by atoms with Crippen molar-refractivity contribution >= 4 is 5.97 Å². The van der Waals surface area contributed by atoms with Gasteiger partial charge in [0.2, 0.25) is 0 Å². The van der Waals surface area contributed by atoms with Crippen LogP contribution in [0.5, 0.6) is 0 Å². The second-order valence-electron chi connectivity index (χ2n) is 5.02. The van der Waals surface area contributed by atoms with Gasteiger partial charge in [0.1, 0.15) is 6.04 Å². The summed E-state index contributed by atoms with van der Waals surface area (Å²) in [7, 11) is 0. The van der Waals surface area contributed by atoms with E-state index in [4.69, 9.17) is 4.74 Å². The second-order valence-corrected chi connectivity index (χ2v) is 5.02. The molecular formula is C15H20F3NO2. The summed E-state index contributed by atoms with van der Waals surface area (Å²) in [5.41, 5.74) is -0.0510. The van der Waals surface area contributed by atoms with E-state index in [0.717, 1.165) is 12.1 Å². The third-order valence-electron chi connectivity index (χ3n) is 2.83. The normalized spacial score (nSPS) is 13.3. The maximum Gasteiger partial charge on any atom is 0.416 e. The highest BCUT2D eigenvalue weighted by Gasteiger charge is 2.30. The quantitative estimate of drug-likeness (QED) is 0.820. The molecular weight excluding hydrogens is 283 g/mol. The SMILES string of the molecule is CCOC(=O)C(Cc1ccc(C(F)(F)F)cc1)NC(C)C. The number of nitrogens with one attached hydrogen (secondary N) is 1. The molecule has 6 heteroatoms. The van der Waals surface area contributed by atoms with Crippen molar-refractivity contribution in [3.8, 4) is 0 Å². The Hall–Kier alpha value is -1.56. The van der Waals surface area contributed by atoms with Crippen molar-refractivity contribution in [3.63, 3.8) is 0 Å². The van der Waals surface area contributed by atoms with Crippen LogP contribution in [0.1, 0.15) is 31.9 Å². The van der Waals surface area contributed by atoms with E-state index in [-0.39, 0.29) is 19.1 Å². The number of ether oxygens (including phenoxy) is 1. The summed E-state index contributed by atoms with van der Waals surface area (Å²) in [6.07, 6.45) is -4.07. The van der Waals surface area contributed by atoms with E-state index >= 15 is 0 Å². The molecule has 0 aliphatic carbocycles.